The Labute approximate surface area is 148 Å². The summed E-state index contributed by atoms with van der Waals surface area (Å²) < 4.78 is 1.05. The third kappa shape index (κ3) is 3.77. The SMILES string of the molecule is Nn1c(SCc2ccccc2Cl)nnc(Cc2ccccc2)c1=O. The number of hydrogen-bond acceptors (Lipinski definition) is 5. The summed E-state index contributed by atoms with van der Waals surface area (Å²) in [5.74, 6) is 6.45. The molecule has 0 aliphatic heterocycles. The molecule has 122 valence electrons. The van der Waals surface area contributed by atoms with Crippen molar-refractivity contribution in [1.82, 2.24) is 14.9 Å². The normalized spacial score (nSPS) is 10.7. The van der Waals surface area contributed by atoms with Crippen molar-refractivity contribution in [1.29, 1.82) is 0 Å². The molecule has 0 bridgehead atoms. The Morgan fingerprint density at radius 3 is 2.50 bits per heavy atom. The smallest absolute Gasteiger partial charge is 0.294 e. The van der Waals surface area contributed by atoms with E-state index in [0.717, 1.165) is 15.8 Å². The first-order valence-electron chi connectivity index (χ1n) is 7.29. The van der Waals surface area contributed by atoms with Crippen LogP contribution >= 0.6 is 23.4 Å². The quantitative estimate of drug-likeness (QED) is 0.560. The van der Waals surface area contributed by atoms with Gasteiger partial charge in [-0.2, -0.15) is 4.68 Å². The first-order valence-corrected chi connectivity index (χ1v) is 8.65. The van der Waals surface area contributed by atoms with Crippen LogP contribution in [0.1, 0.15) is 16.8 Å². The van der Waals surface area contributed by atoms with Gasteiger partial charge in [-0.25, -0.2) is 0 Å². The van der Waals surface area contributed by atoms with E-state index in [9.17, 15) is 4.79 Å². The highest BCUT2D eigenvalue weighted by Gasteiger charge is 2.12. The van der Waals surface area contributed by atoms with E-state index in [2.05, 4.69) is 10.2 Å². The van der Waals surface area contributed by atoms with Gasteiger partial charge in [0.2, 0.25) is 5.16 Å². The highest BCUT2D eigenvalue weighted by atomic mass is 35.5. The molecule has 0 unspecified atom stereocenters. The van der Waals surface area contributed by atoms with Crippen molar-refractivity contribution >= 4 is 23.4 Å². The fourth-order valence-corrected chi connectivity index (χ4v) is 3.31. The molecule has 1 aromatic heterocycles. The van der Waals surface area contributed by atoms with Crippen LogP contribution in [0.15, 0.2) is 64.5 Å². The van der Waals surface area contributed by atoms with Crippen LogP contribution in [-0.4, -0.2) is 14.9 Å². The summed E-state index contributed by atoms with van der Waals surface area (Å²) in [5, 5.41) is 9.17. The summed E-state index contributed by atoms with van der Waals surface area (Å²) in [6, 6.07) is 17.1. The summed E-state index contributed by atoms with van der Waals surface area (Å²) in [6.45, 7) is 0. The molecule has 0 saturated carbocycles. The Hall–Kier alpha value is -2.31. The van der Waals surface area contributed by atoms with Crippen LogP contribution in [0.25, 0.3) is 0 Å². The van der Waals surface area contributed by atoms with Gasteiger partial charge in [-0.3, -0.25) is 4.79 Å². The minimum Gasteiger partial charge on any atom is -0.334 e. The molecule has 5 nitrogen and oxygen atoms in total. The standard InChI is InChI=1S/C17H15ClN4OS/c18-14-9-5-4-8-13(14)11-24-17-21-20-15(16(23)22(17)19)10-12-6-2-1-3-7-12/h1-9H,10-11,19H2. The third-order valence-electron chi connectivity index (χ3n) is 3.46. The van der Waals surface area contributed by atoms with E-state index < -0.39 is 0 Å². The van der Waals surface area contributed by atoms with Crippen molar-refractivity contribution in [3.63, 3.8) is 0 Å². The van der Waals surface area contributed by atoms with Crippen LogP contribution in [0.5, 0.6) is 0 Å². The second-order valence-corrected chi connectivity index (χ2v) is 6.50. The maximum Gasteiger partial charge on any atom is 0.294 e. The van der Waals surface area contributed by atoms with Gasteiger partial charge >= 0.3 is 0 Å². The van der Waals surface area contributed by atoms with E-state index in [4.69, 9.17) is 17.4 Å². The summed E-state index contributed by atoms with van der Waals surface area (Å²) in [5.41, 5.74) is 1.92. The number of thioether (sulfide) groups is 1. The molecule has 0 saturated heterocycles. The Bertz CT molecular complexity index is 899. The summed E-state index contributed by atoms with van der Waals surface area (Å²) >= 11 is 7.45. The van der Waals surface area contributed by atoms with Crippen LogP contribution < -0.4 is 11.4 Å². The summed E-state index contributed by atoms with van der Waals surface area (Å²) in [7, 11) is 0. The van der Waals surface area contributed by atoms with Crippen molar-refractivity contribution in [3.8, 4) is 0 Å². The van der Waals surface area contributed by atoms with E-state index in [0.29, 0.717) is 28.0 Å². The fraction of sp³-hybridized carbons (Fsp3) is 0.118. The zero-order chi connectivity index (χ0) is 16.9. The van der Waals surface area contributed by atoms with Crippen molar-refractivity contribution in [2.45, 2.75) is 17.3 Å². The van der Waals surface area contributed by atoms with Crippen molar-refractivity contribution in [3.05, 3.63) is 86.8 Å². The Morgan fingerprint density at radius 1 is 1.04 bits per heavy atom. The number of aromatic nitrogens is 3. The van der Waals surface area contributed by atoms with Crippen molar-refractivity contribution in [2.75, 3.05) is 5.84 Å². The lowest BCUT2D eigenvalue weighted by Crippen LogP contribution is -2.33. The van der Waals surface area contributed by atoms with Gasteiger partial charge in [0.1, 0.15) is 5.69 Å². The second kappa shape index (κ2) is 7.51. The minimum absolute atomic E-state index is 0.325. The molecule has 2 N–H and O–H groups in total. The van der Waals surface area contributed by atoms with Gasteiger partial charge in [0.25, 0.3) is 5.56 Å². The molecule has 7 heteroatoms. The predicted molar refractivity (Wildman–Crippen MR) is 96.7 cm³/mol. The second-order valence-electron chi connectivity index (χ2n) is 5.15. The van der Waals surface area contributed by atoms with Crippen LogP contribution in [0.4, 0.5) is 0 Å². The minimum atomic E-state index is -0.337. The van der Waals surface area contributed by atoms with Gasteiger partial charge < -0.3 is 5.84 Å². The monoisotopic (exact) mass is 358 g/mol. The molecular formula is C17H15ClN4OS. The number of rotatable bonds is 5. The predicted octanol–water partition coefficient (Wildman–Crippen LogP) is 2.89. The van der Waals surface area contributed by atoms with Gasteiger partial charge in [-0.1, -0.05) is 71.9 Å². The van der Waals surface area contributed by atoms with E-state index >= 15 is 0 Å². The van der Waals surface area contributed by atoms with Crippen LogP contribution in [-0.2, 0) is 12.2 Å². The molecular weight excluding hydrogens is 344 g/mol. The molecule has 2 aromatic carbocycles. The van der Waals surface area contributed by atoms with Gasteiger partial charge in [0, 0.05) is 17.2 Å². The molecule has 0 amide bonds. The van der Waals surface area contributed by atoms with Gasteiger partial charge in [-0.15, -0.1) is 10.2 Å². The molecule has 3 aromatic rings. The van der Waals surface area contributed by atoms with E-state index in [1.54, 1.807) is 0 Å². The molecule has 0 spiro atoms. The number of nitrogen functional groups attached to an aromatic ring is 1. The molecule has 0 radical (unpaired) electrons. The number of benzene rings is 2. The van der Waals surface area contributed by atoms with E-state index in [-0.39, 0.29) is 5.56 Å². The molecule has 0 aliphatic carbocycles. The molecule has 0 atom stereocenters. The average Bonchev–Trinajstić information content (AvgIpc) is 2.60. The van der Waals surface area contributed by atoms with Crippen LogP contribution in [0.2, 0.25) is 5.02 Å². The Kier molecular flexibility index (Phi) is 5.17. The molecule has 0 aliphatic rings. The number of hydrogen-bond donors (Lipinski definition) is 1. The first kappa shape index (κ1) is 16.5. The zero-order valence-electron chi connectivity index (χ0n) is 12.7. The lowest BCUT2D eigenvalue weighted by molar-refractivity contribution is 0.672. The zero-order valence-corrected chi connectivity index (χ0v) is 14.3. The Morgan fingerprint density at radius 2 is 1.75 bits per heavy atom. The molecule has 24 heavy (non-hydrogen) atoms. The largest absolute Gasteiger partial charge is 0.334 e. The van der Waals surface area contributed by atoms with E-state index in [1.807, 2.05) is 54.6 Å². The van der Waals surface area contributed by atoms with E-state index in [1.165, 1.54) is 11.8 Å². The summed E-state index contributed by atoms with van der Waals surface area (Å²) in [4.78, 5) is 12.4. The number of nitrogens with two attached hydrogens (primary N) is 1. The summed E-state index contributed by atoms with van der Waals surface area (Å²) in [6.07, 6.45) is 0.402. The van der Waals surface area contributed by atoms with Gasteiger partial charge in [0.05, 0.1) is 0 Å². The third-order valence-corrected chi connectivity index (χ3v) is 4.82. The molecule has 0 fully saturated rings. The maximum atomic E-state index is 12.4. The van der Waals surface area contributed by atoms with Crippen molar-refractivity contribution < 1.29 is 0 Å². The average molecular weight is 359 g/mol. The highest BCUT2D eigenvalue weighted by Crippen LogP contribution is 2.24. The highest BCUT2D eigenvalue weighted by molar-refractivity contribution is 7.98. The molecule has 1 heterocycles. The number of halogens is 1. The van der Waals surface area contributed by atoms with Crippen LogP contribution in [0.3, 0.4) is 0 Å². The molecule has 3 rings (SSSR count). The van der Waals surface area contributed by atoms with Crippen LogP contribution in [0, 0.1) is 0 Å². The first-order chi connectivity index (χ1) is 11.6. The lowest BCUT2D eigenvalue weighted by atomic mass is 10.1. The fourth-order valence-electron chi connectivity index (χ4n) is 2.18. The Balaban J connectivity index is 1.78. The lowest BCUT2D eigenvalue weighted by Gasteiger charge is -2.08. The van der Waals surface area contributed by atoms with Gasteiger partial charge in [0.15, 0.2) is 0 Å². The maximum absolute atomic E-state index is 12.4. The van der Waals surface area contributed by atoms with Gasteiger partial charge in [-0.05, 0) is 17.2 Å². The topological polar surface area (TPSA) is 73.8 Å². The van der Waals surface area contributed by atoms with Crippen molar-refractivity contribution in [2.24, 2.45) is 0 Å². The number of nitrogens with zero attached hydrogens (tertiary/aromatic N) is 3.